The minimum Gasteiger partial charge on any atom is -0.365 e. The zero-order valence-corrected chi connectivity index (χ0v) is 11.6. The molecule has 19 heavy (non-hydrogen) atoms. The predicted molar refractivity (Wildman–Crippen MR) is 77.3 cm³/mol. The van der Waals surface area contributed by atoms with Gasteiger partial charge in [-0.2, -0.15) is 0 Å². The van der Waals surface area contributed by atoms with Crippen LogP contribution in [0.5, 0.6) is 0 Å². The molecule has 102 valence electrons. The molecule has 0 amide bonds. The number of hydrogen-bond donors (Lipinski definition) is 1. The summed E-state index contributed by atoms with van der Waals surface area (Å²) in [7, 11) is 2.01. The molecule has 0 unspecified atom stereocenters. The van der Waals surface area contributed by atoms with Gasteiger partial charge in [-0.25, -0.2) is 9.97 Å². The second kappa shape index (κ2) is 5.17. The first kappa shape index (κ1) is 12.4. The van der Waals surface area contributed by atoms with Crippen molar-refractivity contribution >= 4 is 16.9 Å². The number of hydrogen-bond acceptors (Lipinski definition) is 4. The third-order valence-electron chi connectivity index (χ3n) is 4.02. The summed E-state index contributed by atoms with van der Waals surface area (Å²) >= 11 is 0. The molecule has 0 spiro atoms. The first-order valence-corrected chi connectivity index (χ1v) is 7.03. The maximum Gasteiger partial charge on any atom is 0.154 e. The molecule has 1 aliphatic rings. The number of pyridine rings is 1. The summed E-state index contributed by atoms with van der Waals surface area (Å²) in [6, 6.07) is 2.52. The molecule has 1 saturated heterocycles. The first-order chi connectivity index (χ1) is 9.28. The van der Waals surface area contributed by atoms with Crippen LogP contribution in [0.4, 0.5) is 5.82 Å². The normalized spacial score (nSPS) is 18.0. The monoisotopic (exact) mass is 259 g/mol. The molecule has 2 aromatic rings. The number of piperidine rings is 1. The fourth-order valence-electron chi connectivity index (χ4n) is 2.75. The molecule has 1 N–H and O–H groups in total. The van der Waals surface area contributed by atoms with Gasteiger partial charge in [-0.3, -0.25) is 0 Å². The largest absolute Gasteiger partial charge is 0.365 e. The molecule has 2 aromatic heterocycles. The Hall–Kier alpha value is -1.62. The van der Waals surface area contributed by atoms with Gasteiger partial charge in [-0.1, -0.05) is 6.92 Å². The molecular weight excluding hydrogens is 238 g/mol. The van der Waals surface area contributed by atoms with E-state index in [4.69, 9.17) is 0 Å². The van der Waals surface area contributed by atoms with E-state index in [1.165, 1.54) is 25.9 Å². The zero-order valence-electron chi connectivity index (χ0n) is 11.6. The van der Waals surface area contributed by atoms with E-state index in [0.717, 1.165) is 23.4 Å². The Labute approximate surface area is 113 Å². The minimum atomic E-state index is 0.517. The number of aryl methyl sites for hydroxylation is 1. The summed E-state index contributed by atoms with van der Waals surface area (Å²) in [4.78, 5) is 11.4. The van der Waals surface area contributed by atoms with E-state index in [1.807, 2.05) is 30.2 Å². The highest BCUT2D eigenvalue weighted by molar-refractivity contribution is 5.85. The second-order valence-electron chi connectivity index (χ2n) is 5.24. The Morgan fingerprint density at radius 3 is 2.84 bits per heavy atom. The molecule has 3 rings (SSSR count). The van der Waals surface area contributed by atoms with E-state index in [9.17, 15) is 0 Å². The maximum atomic E-state index is 4.45. The lowest BCUT2D eigenvalue weighted by Gasteiger charge is -2.31. The third kappa shape index (κ3) is 2.42. The summed E-state index contributed by atoms with van der Waals surface area (Å²) in [5.74, 6) is 0.924. The Morgan fingerprint density at radius 1 is 1.32 bits per heavy atom. The first-order valence-electron chi connectivity index (χ1n) is 7.03. The molecule has 5 nitrogen and oxygen atoms in total. The smallest absolute Gasteiger partial charge is 0.154 e. The highest BCUT2D eigenvalue weighted by Gasteiger charge is 2.19. The second-order valence-corrected chi connectivity index (χ2v) is 5.24. The van der Waals surface area contributed by atoms with Gasteiger partial charge in [0.25, 0.3) is 0 Å². The molecule has 1 fully saturated rings. The van der Waals surface area contributed by atoms with Crippen molar-refractivity contribution in [3.8, 4) is 0 Å². The van der Waals surface area contributed by atoms with Crippen molar-refractivity contribution in [2.24, 2.45) is 7.05 Å². The van der Waals surface area contributed by atoms with Crippen molar-refractivity contribution in [1.82, 2.24) is 19.4 Å². The SMILES string of the molecule is CCN1CCC(Nc2nccc3c2ncn3C)CC1. The molecule has 0 atom stereocenters. The Kier molecular flexibility index (Phi) is 3.38. The number of nitrogens with one attached hydrogen (secondary N) is 1. The van der Waals surface area contributed by atoms with Gasteiger partial charge in [0, 0.05) is 32.4 Å². The predicted octanol–water partition coefficient (Wildman–Crippen LogP) is 1.86. The molecular formula is C14H21N5. The van der Waals surface area contributed by atoms with Gasteiger partial charge in [0.15, 0.2) is 5.82 Å². The van der Waals surface area contributed by atoms with Crippen LogP contribution in [0.2, 0.25) is 0 Å². The number of aromatic nitrogens is 3. The number of imidazole rings is 1. The van der Waals surface area contributed by atoms with E-state index in [2.05, 4.69) is 27.1 Å². The highest BCUT2D eigenvalue weighted by atomic mass is 15.1. The highest BCUT2D eigenvalue weighted by Crippen LogP contribution is 2.21. The van der Waals surface area contributed by atoms with E-state index < -0.39 is 0 Å². The summed E-state index contributed by atoms with van der Waals surface area (Å²) < 4.78 is 2.03. The lowest BCUT2D eigenvalue weighted by atomic mass is 10.1. The van der Waals surface area contributed by atoms with Crippen LogP contribution in [0.15, 0.2) is 18.6 Å². The van der Waals surface area contributed by atoms with Crippen LogP contribution in [0, 0.1) is 0 Å². The summed E-state index contributed by atoms with van der Waals surface area (Å²) in [5.41, 5.74) is 2.10. The van der Waals surface area contributed by atoms with Gasteiger partial charge in [0.1, 0.15) is 5.52 Å². The van der Waals surface area contributed by atoms with Crippen LogP contribution in [-0.2, 0) is 7.05 Å². The Balaban J connectivity index is 1.75. The van der Waals surface area contributed by atoms with Crippen molar-refractivity contribution in [1.29, 1.82) is 0 Å². The van der Waals surface area contributed by atoms with Crippen LogP contribution in [-0.4, -0.2) is 45.1 Å². The van der Waals surface area contributed by atoms with Crippen molar-refractivity contribution in [3.05, 3.63) is 18.6 Å². The van der Waals surface area contributed by atoms with Crippen LogP contribution >= 0.6 is 0 Å². The minimum absolute atomic E-state index is 0.517. The zero-order chi connectivity index (χ0) is 13.2. The number of anilines is 1. The van der Waals surface area contributed by atoms with E-state index in [1.54, 1.807) is 0 Å². The third-order valence-corrected chi connectivity index (χ3v) is 4.02. The summed E-state index contributed by atoms with van der Waals surface area (Å²) in [6.45, 7) is 5.73. The molecule has 0 bridgehead atoms. The van der Waals surface area contributed by atoms with Gasteiger partial charge in [0.05, 0.1) is 11.8 Å². The Bertz CT molecular complexity index is 554. The fourth-order valence-corrected chi connectivity index (χ4v) is 2.75. The fraction of sp³-hybridized carbons (Fsp3) is 0.571. The number of fused-ring (bicyclic) bond motifs is 1. The molecule has 0 aliphatic carbocycles. The molecule has 3 heterocycles. The van der Waals surface area contributed by atoms with Gasteiger partial charge in [0.2, 0.25) is 0 Å². The maximum absolute atomic E-state index is 4.45. The van der Waals surface area contributed by atoms with E-state index in [-0.39, 0.29) is 0 Å². The van der Waals surface area contributed by atoms with Gasteiger partial charge in [-0.05, 0) is 25.5 Å². The van der Waals surface area contributed by atoms with E-state index in [0.29, 0.717) is 6.04 Å². The van der Waals surface area contributed by atoms with Crippen LogP contribution in [0.3, 0.4) is 0 Å². The van der Waals surface area contributed by atoms with Gasteiger partial charge >= 0.3 is 0 Å². The van der Waals surface area contributed by atoms with Crippen LogP contribution in [0.1, 0.15) is 19.8 Å². The average molecular weight is 259 g/mol. The standard InChI is InChI=1S/C14H21N5/c1-3-19-8-5-11(6-9-19)17-14-13-12(4-7-15-14)18(2)10-16-13/h4,7,10-11H,3,5-6,8-9H2,1-2H3,(H,15,17). The lowest BCUT2D eigenvalue weighted by Crippen LogP contribution is -2.39. The summed E-state index contributed by atoms with van der Waals surface area (Å²) in [5, 5.41) is 3.57. The van der Waals surface area contributed by atoms with Crippen molar-refractivity contribution in [3.63, 3.8) is 0 Å². The molecule has 0 radical (unpaired) electrons. The lowest BCUT2D eigenvalue weighted by molar-refractivity contribution is 0.229. The van der Waals surface area contributed by atoms with Crippen molar-refractivity contribution < 1.29 is 0 Å². The molecule has 5 heteroatoms. The van der Waals surface area contributed by atoms with Crippen LogP contribution < -0.4 is 5.32 Å². The molecule has 0 aromatic carbocycles. The van der Waals surface area contributed by atoms with Crippen molar-refractivity contribution in [2.45, 2.75) is 25.8 Å². The number of nitrogens with zero attached hydrogens (tertiary/aromatic N) is 4. The number of likely N-dealkylation sites (tertiary alicyclic amines) is 1. The van der Waals surface area contributed by atoms with E-state index >= 15 is 0 Å². The van der Waals surface area contributed by atoms with Crippen molar-refractivity contribution in [2.75, 3.05) is 25.0 Å². The topological polar surface area (TPSA) is 46.0 Å². The van der Waals surface area contributed by atoms with Gasteiger partial charge < -0.3 is 14.8 Å². The summed E-state index contributed by atoms with van der Waals surface area (Å²) in [6.07, 6.45) is 6.06. The average Bonchev–Trinajstić information content (AvgIpc) is 2.83. The molecule has 0 saturated carbocycles. The van der Waals surface area contributed by atoms with Gasteiger partial charge in [-0.15, -0.1) is 0 Å². The Morgan fingerprint density at radius 2 is 2.11 bits per heavy atom. The molecule has 1 aliphatic heterocycles. The number of rotatable bonds is 3. The van der Waals surface area contributed by atoms with Crippen LogP contribution in [0.25, 0.3) is 11.0 Å². The quantitative estimate of drug-likeness (QED) is 0.914.